The number of rotatable bonds is 1. The molecule has 0 aliphatic rings. The Bertz CT molecular complexity index is 1080. The summed E-state index contributed by atoms with van der Waals surface area (Å²) in [6.45, 7) is 0. The molecule has 0 N–H and O–H groups in total. The van der Waals surface area contributed by atoms with E-state index < -0.39 is 0 Å². The maximum absolute atomic E-state index is 2.33. The second-order valence-electron chi connectivity index (χ2n) is 5.84. The average molecular weight is 278 g/mol. The molecule has 102 valence electrons. The molecule has 0 saturated carbocycles. The monoisotopic (exact) mass is 278 g/mol. The second kappa shape index (κ2) is 4.32. The number of hydrogen-bond donors (Lipinski definition) is 0. The molecule has 6 aromatic rings. The Hall–Kier alpha value is -2.86. The Morgan fingerprint density at radius 2 is 1.14 bits per heavy atom. The minimum Gasteiger partial charge on any atom is -0.0622 e. The van der Waals surface area contributed by atoms with Crippen LogP contribution < -0.4 is 0 Å². The van der Waals surface area contributed by atoms with Crippen LogP contribution in [0.4, 0.5) is 0 Å². The zero-order valence-electron chi connectivity index (χ0n) is 12.1. The Morgan fingerprint density at radius 3 is 1.95 bits per heavy atom. The summed E-state index contributed by atoms with van der Waals surface area (Å²) in [5, 5.41) is 8.00. The van der Waals surface area contributed by atoms with Gasteiger partial charge in [0.25, 0.3) is 0 Å². The largest absolute Gasteiger partial charge is 0.0622 e. The lowest BCUT2D eigenvalue weighted by atomic mass is 9.88. The van der Waals surface area contributed by atoms with Crippen LogP contribution in [-0.4, -0.2) is 0 Å². The van der Waals surface area contributed by atoms with Gasteiger partial charge in [-0.05, 0) is 49.5 Å². The summed E-state index contributed by atoms with van der Waals surface area (Å²) in [4.78, 5) is 0. The van der Waals surface area contributed by atoms with E-state index in [1.54, 1.807) is 0 Å². The van der Waals surface area contributed by atoms with Crippen molar-refractivity contribution in [2.45, 2.75) is 0 Å². The van der Waals surface area contributed by atoms with Crippen molar-refractivity contribution in [2.24, 2.45) is 0 Å². The van der Waals surface area contributed by atoms with Crippen LogP contribution in [0.25, 0.3) is 43.4 Å². The Labute approximate surface area is 129 Å². The van der Waals surface area contributed by atoms with E-state index in [2.05, 4.69) is 84.9 Å². The van der Waals surface area contributed by atoms with Gasteiger partial charge in [-0.15, -0.1) is 0 Å². The zero-order valence-corrected chi connectivity index (χ0v) is 12.1. The summed E-state index contributed by atoms with van der Waals surface area (Å²) < 4.78 is 0. The minimum atomic E-state index is 1.29. The Kier molecular flexibility index (Phi) is 2.31. The third-order valence-electron chi connectivity index (χ3n) is 4.60. The maximum atomic E-state index is 2.33. The summed E-state index contributed by atoms with van der Waals surface area (Å²) in [6.07, 6.45) is 0. The van der Waals surface area contributed by atoms with Gasteiger partial charge in [0, 0.05) is 0 Å². The first kappa shape index (κ1) is 11.8. The SMILES string of the molecule is c1ccc(-c2c3ccccc3cc3c4ccc(cc4)c23)cc1. The molecule has 6 aromatic carbocycles. The molecule has 0 nitrogen and oxygen atoms in total. The van der Waals surface area contributed by atoms with Gasteiger partial charge in [-0.1, -0.05) is 78.9 Å². The molecule has 0 heterocycles. The Balaban J connectivity index is 2.10. The summed E-state index contributed by atoms with van der Waals surface area (Å²) in [6, 6.07) is 30.7. The van der Waals surface area contributed by atoms with Crippen LogP contribution in [0.5, 0.6) is 0 Å². The van der Waals surface area contributed by atoms with Crippen molar-refractivity contribution in [3.8, 4) is 11.1 Å². The minimum absolute atomic E-state index is 1.29. The first-order chi connectivity index (χ1) is 10.9. The first-order valence-electron chi connectivity index (χ1n) is 7.64. The van der Waals surface area contributed by atoms with Gasteiger partial charge in [0.1, 0.15) is 0 Å². The molecule has 0 aliphatic carbocycles. The molecule has 2 bridgehead atoms. The number of benzene rings is 6. The van der Waals surface area contributed by atoms with Crippen molar-refractivity contribution in [1.29, 1.82) is 0 Å². The van der Waals surface area contributed by atoms with Crippen LogP contribution in [0.2, 0.25) is 0 Å². The van der Waals surface area contributed by atoms with Crippen LogP contribution in [0.1, 0.15) is 0 Å². The molecule has 0 radical (unpaired) electrons. The van der Waals surface area contributed by atoms with Gasteiger partial charge in [-0.2, -0.15) is 0 Å². The molecule has 0 unspecified atom stereocenters. The van der Waals surface area contributed by atoms with Crippen LogP contribution >= 0.6 is 0 Å². The molecule has 0 aliphatic heterocycles. The predicted octanol–water partition coefficient (Wildman–Crippen LogP) is 6.25. The van der Waals surface area contributed by atoms with E-state index in [-0.39, 0.29) is 0 Å². The first-order valence-corrected chi connectivity index (χ1v) is 7.64. The molecular formula is C22H14. The van der Waals surface area contributed by atoms with Gasteiger partial charge in [0.05, 0.1) is 0 Å². The predicted molar refractivity (Wildman–Crippen MR) is 95.6 cm³/mol. The molecular weight excluding hydrogens is 264 g/mol. The van der Waals surface area contributed by atoms with E-state index in [9.17, 15) is 0 Å². The van der Waals surface area contributed by atoms with Gasteiger partial charge >= 0.3 is 0 Å². The van der Waals surface area contributed by atoms with Crippen molar-refractivity contribution >= 4 is 32.3 Å². The van der Waals surface area contributed by atoms with Crippen LogP contribution in [0.15, 0.2) is 84.9 Å². The summed E-state index contributed by atoms with van der Waals surface area (Å²) in [5.41, 5.74) is 2.65. The highest BCUT2D eigenvalue weighted by Crippen LogP contribution is 2.41. The van der Waals surface area contributed by atoms with Gasteiger partial charge in [-0.25, -0.2) is 0 Å². The van der Waals surface area contributed by atoms with Crippen LogP contribution in [0.3, 0.4) is 0 Å². The van der Waals surface area contributed by atoms with E-state index in [4.69, 9.17) is 0 Å². The number of fused-ring (bicyclic) bond motifs is 3. The standard InChI is InChI=1S/C22H14/c1-2-6-16(7-3-1)21-19-9-5-4-8-18(19)14-20-15-10-12-17(13-11-15)22(20)21/h1-14H. The fourth-order valence-corrected chi connectivity index (χ4v) is 3.60. The topological polar surface area (TPSA) is 0 Å². The van der Waals surface area contributed by atoms with E-state index in [1.165, 1.54) is 43.4 Å². The maximum Gasteiger partial charge on any atom is -0.00204 e. The lowest BCUT2D eigenvalue weighted by Gasteiger charge is -2.15. The molecule has 0 saturated heterocycles. The van der Waals surface area contributed by atoms with Crippen molar-refractivity contribution in [3.63, 3.8) is 0 Å². The van der Waals surface area contributed by atoms with E-state index in [0.717, 1.165) is 0 Å². The molecule has 0 fully saturated rings. The van der Waals surface area contributed by atoms with Crippen LogP contribution in [-0.2, 0) is 0 Å². The van der Waals surface area contributed by atoms with E-state index in [1.807, 2.05) is 0 Å². The van der Waals surface area contributed by atoms with Gasteiger partial charge < -0.3 is 0 Å². The Morgan fingerprint density at radius 1 is 0.455 bits per heavy atom. The second-order valence-corrected chi connectivity index (χ2v) is 5.84. The van der Waals surface area contributed by atoms with Crippen LogP contribution in [0, 0.1) is 0 Å². The van der Waals surface area contributed by atoms with E-state index >= 15 is 0 Å². The molecule has 0 aromatic heterocycles. The smallest absolute Gasteiger partial charge is 0.00204 e. The highest BCUT2D eigenvalue weighted by molar-refractivity contribution is 6.23. The average Bonchev–Trinajstić information content (AvgIpc) is 2.61. The normalized spacial score (nSPS) is 11.6. The molecule has 22 heavy (non-hydrogen) atoms. The molecule has 6 rings (SSSR count). The lowest BCUT2D eigenvalue weighted by molar-refractivity contribution is 1.68. The molecule has 0 heteroatoms. The molecule has 0 spiro atoms. The lowest BCUT2D eigenvalue weighted by Crippen LogP contribution is -1.88. The summed E-state index contributed by atoms with van der Waals surface area (Å²) in [5.74, 6) is 0. The summed E-state index contributed by atoms with van der Waals surface area (Å²) in [7, 11) is 0. The third-order valence-corrected chi connectivity index (χ3v) is 4.60. The van der Waals surface area contributed by atoms with Gasteiger partial charge in [-0.3, -0.25) is 0 Å². The molecule has 0 atom stereocenters. The van der Waals surface area contributed by atoms with Gasteiger partial charge in [0.2, 0.25) is 0 Å². The van der Waals surface area contributed by atoms with Crippen molar-refractivity contribution in [3.05, 3.63) is 84.9 Å². The van der Waals surface area contributed by atoms with Gasteiger partial charge in [0.15, 0.2) is 0 Å². The quantitative estimate of drug-likeness (QED) is 0.318. The summed E-state index contributed by atoms with van der Waals surface area (Å²) >= 11 is 0. The highest BCUT2D eigenvalue weighted by Gasteiger charge is 2.13. The number of hydrogen-bond acceptors (Lipinski definition) is 0. The van der Waals surface area contributed by atoms with Crippen molar-refractivity contribution < 1.29 is 0 Å². The van der Waals surface area contributed by atoms with E-state index in [0.29, 0.717) is 0 Å². The highest BCUT2D eigenvalue weighted by atomic mass is 14.2. The van der Waals surface area contributed by atoms with Crippen molar-refractivity contribution in [1.82, 2.24) is 0 Å². The fourth-order valence-electron chi connectivity index (χ4n) is 3.60. The zero-order chi connectivity index (χ0) is 14.5. The third kappa shape index (κ3) is 1.52. The fraction of sp³-hybridized carbons (Fsp3) is 0. The molecule has 0 amide bonds. The van der Waals surface area contributed by atoms with Crippen molar-refractivity contribution in [2.75, 3.05) is 0 Å².